The smallest absolute Gasteiger partial charge is 0.278 e. The molecule has 5 rings (SSSR count). The molecular formula is C34H28N6O5. The van der Waals surface area contributed by atoms with E-state index in [4.69, 9.17) is 9.47 Å². The molecule has 3 aromatic carbocycles. The van der Waals surface area contributed by atoms with Crippen LogP contribution < -0.4 is 10.2 Å². The number of amides is 1. The van der Waals surface area contributed by atoms with Crippen molar-refractivity contribution in [2.75, 3.05) is 13.7 Å². The molecule has 0 fully saturated rings. The van der Waals surface area contributed by atoms with E-state index in [1.54, 1.807) is 25.1 Å². The predicted octanol–water partition coefficient (Wildman–Crippen LogP) is 5.97. The van der Waals surface area contributed by atoms with Gasteiger partial charge in [-0.3, -0.25) is 14.9 Å². The van der Waals surface area contributed by atoms with E-state index in [9.17, 15) is 20.2 Å². The molecule has 1 N–H and O–H groups in total. The molecular weight excluding hydrogens is 572 g/mol. The first-order valence-corrected chi connectivity index (χ1v) is 13.8. The SMILES string of the molecule is COCc1cc(C)nc(OCC(=O)N/N=C/c2cc(-c3ccccc3)n(-c3ccc([N+](=O)[O-])cc3)c2-c2ccccc2)c1C#N. The van der Waals surface area contributed by atoms with Crippen LogP contribution in [0.25, 0.3) is 28.2 Å². The van der Waals surface area contributed by atoms with E-state index in [0.717, 1.165) is 22.5 Å². The molecule has 0 unspecified atom stereocenters. The van der Waals surface area contributed by atoms with Crippen molar-refractivity contribution in [2.24, 2.45) is 5.10 Å². The summed E-state index contributed by atoms with van der Waals surface area (Å²) >= 11 is 0. The third kappa shape index (κ3) is 6.93. The van der Waals surface area contributed by atoms with E-state index in [-0.39, 0.29) is 23.7 Å². The number of nitrogens with one attached hydrogen (secondary N) is 1. The van der Waals surface area contributed by atoms with Crippen LogP contribution in [0.4, 0.5) is 5.69 Å². The molecule has 0 spiro atoms. The highest BCUT2D eigenvalue weighted by atomic mass is 16.6. The minimum atomic E-state index is -0.550. The van der Waals surface area contributed by atoms with E-state index in [1.807, 2.05) is 71.3 Å². The van der Waals surface area contributed by atoms with Crippen LogP contribution in [0.15, 0.2) is 102 Å². The molecule has 0 saturated heterocycles. The Kier molecular flexibility index (Phi) is 9.37. The lowest BCUT2D eigenvalue weighted by molar-refractivity contribution is -0.384. The second-order valence-corrected chi connectivity index (χ2v) is 9.90. The Morgan fingerprint density at radius 3 is 2.33 bits per heavy atom. The second-order valence-electron chi connectivity index (χ2n) is 9.90. The number of non-ortho nitro benzene ring substituents is 1. The van der Waals surface area contributed by atoms with Crippen LogP contribution in [0.3, 0.4) is 0 Å². The summed E-state index contributed by atoms with van der Waals surface area (Å²) in [6.45, 7) is 1.54. The van der Waals surface area contributed by atoms with Gasteiger partial charge in [-0.05, 0) is 42.3 Å². The summed E-state index contributed by atoms with van der Waals surface area (Å²) in [5.41, 5.74) is 8.68. The molecule has 224 valence electrons. The Morgan fingerprint density at radius 1 is 1.04 bits per heavy atom. The third-order valence-corrected chi connectivity index (χ3v) is 6.81. The topological polar surface area (TPSA) is 145 Å². The minimum Gasteiger partial charge on any atom is -0.467 e. The molecule has 0 radical (unpaired) electrons. The number of nitro groups is 1. The molecule has 1 amide bonds. The molecule has 0 aliphatic rings. The Bertz CT molecular complexity index is 1900. The number of nitrogens with zero attached hydrogens (tertiary/aromatic N) is 5. The lowest BCUT2D eigenvalue weighted by atomic mass is 10.1. The molecule has 11 heteroatoms. The number of hydrogen-bond donors (Lipinski definition) is 1. The molecule has 2 heterocycles. The second kappa shape index (κ2) is 13.9. The van der Waals surface area contributed by atoms with Gasteiger partial charge in [0.05, 0.1) is 29.1 Å². The fourth-order valence-corrected chi connectivity index (χ4v) is 4.88. The fraction of sp³-hybridized carbons (Fsp3) is 0.118. The maximum Gasteiger partial charge on any atom is 0.278 e. The lowest BCUT2D eigenvalue weighted by Gasteiger charge is -2.15. The monoisotopic (exact) mass is 600 g/mol. The lowest BCUT2D eigenvalue weighted by Crippen LogP contribution is -2.25. The number of nitriles is 1. The summed E-state index contributed by atoms with van der Waals surface area (Å²) in [4.78, 5) is 27.9. The van der Waals surface area contributed by atoms with Gasteiger partial charge >= 0.3 is 0 Å². The number of hydrogen-bond acceptors (Lipinski definition) is 8. The largest absolute Gasteiger partial charge is 0.467 e. The molecule has 45 heavy (non-hydrogen) atoms. The van der Waals surface area contributed by atoms with E-state index in [2.05, 4.69) is 21.6 Å². The Hall–Kier alpha value is -6.12. The standard InChI is InChI=1S/C34H28N6O5/c1-23-17-27(21-44-2)30(19-35)34(37-23)45-22-32(41)38-36-20-26-18-31(24-9-5-3-6-10-24)39(33(26)25-11-7-4-8-12-25)28-13-15-29(16-14-28)40(42)43/h3-18,20H,21-22H2,1-2H3,(H,38,41)/b36-20+. The van der Waals surface area contributed by atoms with Gasteiger partial charge in [0.2, 0.25) is 5.88 Å². The minimum absolute atomic E-state index is 0.0159. The molecule has 0 atom stereocenters. The van der Waals surface area contributed by atoms with E-state index < -0.39 is 17.4 Å². The number of pyridine rings is 1. The van der Waals surface area contributed by atoms with Gasteiger partial charge in [0.25, 0.3) is 11.6 Å². The van der Waals surface area contributed by atoms with Gasteiger partial charge in [0, 0.05) is 41.8 Å². The Morgan fingerprint density at radius 2 is 1.71 bits per heavy atom. The van der Waals surface area contributed by atoms with Crippen molar-refractivity contribution in [3.8, 4) is 40.2 Å². The average Bonchev–Trinajstić information content (AvgIpc) is 3.44. The number of aromatic nitrogens is 2. The van der Waals surface area contributed by atoms with Gasteiger partial charge in [-0.2, -0.15) is 10.4 Å². The molecule has 5 aromatic rings. The third-order valence-electron chi connectivity index (χ3n) is 6.81. The summed E-state index contributed by atoms with van der Waals surface area (Å²) < 4.78 is 12.8. The van der Waals surface area contributed by atoms with Crippen molar-refractivity contribution >= 4 is 17.8 Å². The Labute approximate surface area is 259 Å². The summed E-state index contributed by atoms with van der Waals surface area (Å²) in [6.07, 6.45) is 1.54. The molecule has 11 nitrogen and oxygen atoms in total. The van der Waals surface area contributed by atoms with Crippen LogP contribution in [0.1, 0.15) is 22.4 Å². The van der Waals surface area contributed by atoms with Crippen LogP contribution >= 0.6 is 0 Å². The molecule has 0 aliphatic carbocycles. The fourth-order valence-electron chi connectivity index (χ4n) is 4.88. The van der Waals surface area contributed by atoms with Gasteiger partial charge in [0.15, 0.2) is 6.61 Å². The van der Waals surface area contributed by atoms with E-state index in [0.29, 0.717) is 22.5 Å². The highest BCUT2D eigenvalue weighted by Crippen LogP contribution is 2.35. The molecule has 0 saturated carbocycles. The zero-order valence-electron chi connectivity index (χ0n) is 24.5. The predicted molar refractivity (Wildman–Crippen MR) is 169 cm³/mol. The normalized spacial score (nSPS) is 10.9. The van der Waals surface area contributed by atoms with Crippen molar-refractivity contribution in [1.82, 2.24) is 15.0 Å². The van der Waals surface area contributed by atoms with Crippen LogP contribution in [-0.2, 0) is 16.1 Å². The summed E-state index contributed by atoms with van der Waals surface area (Å²) in [5, 5.41) is 25.2. The van der Waals surface area contributed by atoms with Gasteiger partial charge in [-0.1, -0.05) is 60.7 Å². The van der Waals surface area contributed by atoms with Crippen LogP contribution in [-0.4, -0.2) is 40.3 Å². The number of hydrazone groups is 1. The van der Waals surface area contributed by atoms with Crippen molar-refractivity contribution < 1.29 is 19.2 Å². The van der Waals surface area contributed by atoms with Crippen molar-refractivity contribution in [2.45, 2.75) is 13.5 Å². The highest BCUT2D eigenvalue weighted by molar-refractivity contribution is 5.94. The van der Waals surface area contributed by atoms with Crippen molar-refractivity contribution in [3.05, 3.63) is 130 Å². The maximum absolute atomic E-state index is 12.7. The number of benzene rings is 3. The quantitative estimate of drug-likeness (QED) is 0.112. The molecule has 0 bridgehead atoms. The van der Waals surface area contributed by atoms with Crippen molar-refractivity contribution in [3.63, 3.8) is 0 Å². The van der Waals surface area contributed by atoms with Gasteiger partial charge in [-0.15, -0.1) is 0 Å². The number of rotatable bonds is 11. The van der Waals surface area contributed by atoms with Crippen LogP contribution in [0.5, 0.6) is 5.88 Å². The number of carbonyl (C=O) groups excluding carboxylic acids is 1. The number of carbonyl (C=O) groups is 1. The van der Waals surface area contributed by atoms with Gasteiger partial charge in [0.1, 0.15) is 11.6 Å². The average molecular weight is 601 g/mol. The van der Waals surface area contributed by atoms with E-state index in [1.165, 1.54) is 25.5 Å². The number of nitro benzene ring substituents is 1. The van der Waals surface area contributed by atoms with Crippen LogP contribution in [0.2, 0.25) is 0 Å². The highest BCUT2D eigenvalue weighted by Gasteiger charge is 2.20. The van der Waals surface area contributed by atoms with E-state index >= 15 is 0 Å². The summed E-state index contributed by atoms with van der Waals surface area (Å²) in [5.74, 6) is -0.506. The zero-order chi connectivity index (χ0) is 31.8. The number of ether oxygens (including phenoxy) is 2. The van der Waals surface area contributed by atoms with Crippen LogP contribution in [0, 0.1) is 28.4 Å². The van der Waals surface area contributed by atoms with Gasteiger partial charge < -0.3 is 14.0 Å². The zero-order valence-corrected chi connectivity index (χ0v) is 24.5. The maximum atomic E-state index is 12.7. The first-order chi connectivity index (χ1) is 21.9. The molecule has 2 aromatic heterocycles. The number of aryl methyl sites for hydroxylation is 1. The Balaban J connectivity index is 1.47. The first kappa shape index (κ1) is 30.3. The summed E-state index contributed by atoms with van der Waals surface area (Å²) in [6, 6.07) is 31.4. The number of methoxy groups -OCH3 is 1. The first-order valence-electron chi connectivity index (χ1n) is 13.8. The summed E-state index contributed by atoms with van der Waals surface area (Å²) in [7, 11) is 1.52. The van der Waals surface area contributed by atoms with Crippen molar-refractivity contribution in [1.29, 1.82) is 5.26 Å². The molecule has 0 aliphatic heterocycles. The van der Waals surface area contributed by atoms with Gasteiger partial charge in [-0.25, -0.2) is 10.4 Å².